The lowest BCUT2D eigenvalue weighted by molar-refractivity contribution is 0.675. The quantitative estimate of drug-likeness (QED) is 0.564. The molecular formula is C16H21NS2. The number of hydrogen-bond acceptors (Lipinski definition) is 3. The molecule has 0 radical (unpaired) electrons. The van der Waals surface area contributed by atoms with Crippen molar-refractivity contribution in [3.63, 3.8) is 0 Å². The molecule has 0 bridgehead atoms. The lowest BCUT2D eigenvalue weighted by Crippen LogP contribution is -2.13. The van der Waals surface area contributed by atoms with Gasteiger partial charge in [-0.1, -0.05) is 19.1 Å². The molecule has 0 saturated heterocycles. The van der Waals surface area contributed by atoms with Crippen LogP contribution in [0.5, 0.6) is 0 Å². The van der Waals surface area contributed by atoms with E-state index >= 15 is 0 Å². The molecule has 19 heavy (non-hydrogen) atoms. The van der Waals surface area contributed by atoms with Crippen LogP contribution in [0.4, 0.5) is 0 Å². The van der Waals surface area contributed by atoms with E-state index in [1.54, 1.807) is 11.3 Å². The largest absolute Gasteiger partial charge is 0.313 e. The molecule has 0 aliphatic heterocycles. The van der Waals surface area contributed by atoms with Gasteiger partial charge in [0.05, 0.1) is 0 Å². The van der Waals surface area contributed by atoms with Gasteiger partial charge in [-0.3, -0.25) is 0 Å². The zero-order chi connectivity index (χ0) is 13.3. The molecule has 0 aliphatic rings. The van der Waals surface area contributed by atoms with Crippen molar-refractivity contribution < 1.29 is 0 Å². The SMILES string of the molecule is CCCNCc1ccc(SCCc2ccsc2)cc1. The Kier molecular flexibility index (Phi) is 6.48. The lowest BCUT2D eigenvalue weighted by Gasteiger charge is -2.05. The van der Waals surface area contributed by atoms with Gasteiger partial charge in [-0.2, -0.15) is 11.3 Å². The molecule has 1 heterocycles. The molecule has 2 aromatic rings. The molecule has 0 aliphatic carbocycles. The van der Waals surface area contributed by atoms with Gasteiger partial charge in [0.2, 0.25) is 0 Å². The monoisotopic (exact) mass is 291 g/mol. The summed E-state index contributed by atoms with van der Waals surface area (Å²) in [7, 11) is 0. The van der Waals surface area contributed by atoms with Gasteiger partial charge in [0.25, 0.3) is 0 Å². The summed E-state index contributed by atoms with van der Waals surface area (Å²) >= 11 is 3.72. The fourth-order valence-corrected chi connectivity index (χ4v) is 3.44. The van der Waals surface area contributed by atoms with Crippen molar-refractivity contribution in [1.29, 1.82) is 0 Å². The summed E-state index contributed by atoms with van der Waals surface area (Å²) in [5, 5.41) is 7.82. The number of thioether (sulfide) groups is 1. The van der Waals surface area contributed by atoms with Crippen LogP contribution in [0.3, 0.4) is 0 Å². The number of aryl methyl sites for hydroxylation is 1. The fourth-order valence-electron chi connectivity index (χ4n) is 1.83. The highest BCUT2D eigenvalue weighted by molar-refractivity contribution is 7.99. The molecule has 0 unspecified atom stereocenters. The summed E-state index contributed by atoms with van der Waals surface area (Å²) in [6, 6.07) is 11.2. The van der Waals surface area contributed by atoms with Crippen LogP contribution < -0.4 is 5.32 Å². The van der Waals surface area contributed by atoms with Crippen LogP contribution in [-0.4, -0.2) is 12.3 Å². The first-order valence-corrected chi connectivity index (χ1v) is 8.75. The van der Waals surface area contributed by atoms with Gasteiger partial charge in [0, 0.05) is 17.2 Å². The first kappa shape index (κ1) is 14.6. The van der Waals surface area contributed by atoms with Crippen molar-refractivity contribution in [3.05, 3.63) is 52.2 Å². The van der Waals surface area contributed by atoms with Gasteiger partial charge in [0.1, 0.15) is 0 Å². The van der Waals surface area contributed by atoms with E-state index in [0.717, 1.165) is 25.3 Å². The standard InChI is InChI=1S/C16H21NS2/c1-2-9-17-12-14-3-5-16(6-4-14)19-11-8-15-7-10-18-13-15/h3-7,10,13,17H,2,8-9,11-12H2,1H3. The summed E-state index contributed by atoms with van der Waals surface area (Å²) in [5.41, 5.74) is 2.83. The van der Waals surface area contributed by atoms with Crippen LogP contribution in [0.2, 0.25) is 0 Å². The number of benzene rings is 1. The minimum absolute atomic E-state index is 0.980. The number of rotatable bonds is 8. The van der Waals surface area contributed by atoms with E-state index in [1.807, 2.05) is 11.8 Å². The Labute approximate surface area is 124 Å². The second-order valence-corrected chi connectivity index (χ2v) is 6.50. The minimum atomic E-state index is 0.980. The zero-order valence-electron chi connectivity index (χ0n) is 11.4. The Morgan fingerprint density at radius 1 is 1.11 bits per heavy atom. The Morgan fingerprint density at radius 3 is 2.63 bits per heavy atom. The van der Waals surface area contributed by atoms with E-state index in [9.17, 15) is 0 Å². The Bertz CT molecular complexity index is 448. The molecule has 1 aromatic carbocycles. The van der Waals surface area contributed by atoms with Gasteiger partial charge < -0.3 is 5.32 Å². The highest BCUT2D eigenvalue weighted by atomic mass is 32.2. The van der Waals surface area contributed by atoms with Gasteiger partial charge in [-0.15, -0.1) is 11.8 Å². The van der Waals surface area contributed by atoms with Crippen molar-refractivity contribution in [1.82, 2.24) is 5.32 Å². The van der Waals surface area contributed by atoms with Crippen LogP contribution in [0.15, 0.2) is 46.0 Å². The van der Waals surface area contributed by atoms with Gasteiger partial charge >= 0.3 is 0 Å². The Balaban J connectivity index is 1.72. The van der Waals surface area contributed by atoms with E-state index in [1.165, 1.54) is 22.4 Å². The second kappa shape index (κ2) is 8.41. The molecule has 1 aromatic heterocycles. The van der Waals surface area contributed by atoms with E-state index in [4.69, 9.17) is 0 Å². The summed E-state index contributed by atoms with van der Waals surface area (Å²) in [5.74, 6) is 1.16. The first-order chi connectivity index (χ1) is 9.38. The van der Waals surface area contributed by atoms with Gasteiger partial charge in [-0.25, -0.2) is 0 Å². The Morgan fingerprint density at radius 2 is 1.95 bits per heavy atom. The topological polar surface area (TPSA) is 12.0 Å². The van der Waals surface area contributed by atoms with Gasteiger partial charge in [0.15, 0.2) is 0 Å². The van der Waals surface area contributed by atoms with Crippen LogP contribution in [0, 0.1) is 0 Å². The number of thiophene rings is 1. The summed E-state index contributed by atoms with van der Waals surface area (Å²) in [6.07, 6.45) is 2.35. The van der Waals surface area contributed by atoms with E-state index in [0.29, 0.717) is 0 Å². The fraction of sp³-hybridized carbons (Fsp3) is 0.375. The van der Waals surface area contributed by atoms with Crippen LogP contribution in [-0.2, 0) is 13.0 Å². The maximum absolute atomic E-state index is 3.43. The molecular weight excluding hydrogens is 270 g/mol. The summed E-state index contributed by atoms with van der Waals surface area (Å²) in [4.78, 5) is 1.37. The van der Waals surface area contributed by atoms with Crippen molar-refractivity contribution in [2.24, 2.45) is 0 Å². The van der Waals surface area contributed by atoms with Crippen molar-refractivity contribution >= 4 is 23.1 Å². The average molecular weight is 291 g/mol. The highest BCUT2D eigenvalue weighted by Crippen LogP contribution is 2.20. The van der Waals surface area contributed by atoms with Crippen molar-refractivity contribution in [3.8, 4) is 0 Å². The van der Waals surface area contributed by atoms with E-state index in [2.05, 4.69) is 53.3 Å². The molecule has 1 nitrogen and oxygen atoms in total. The summed E-state index contributed by atoms with van der Waals surface area (Å²) in [6.45, 7) is 4.27. The smallest absolute Gasteiger partial charge is 0.0205 e. The van der Waals surface area contributed by atoms with Crippen LogP contribution >= 0.6 is 23.1 Å². The molecule has 102 valence electrons. The second-order valence-electron chi connectivity index (χ2n) is 4.55. The maximum atomic E-state index is 3.43. The molecule has 0 atom stereocenters. The normalized spacial score (nSPS) is 10.8. The maximum Gasteiger partial charge on any atom is 0.0205 e. The molecule has 2 rings (SSSR count). The molecule has 0 fully saturated rings. The molecule has 0 saturated carbocycles. The van der Waals surface area contributed by atoms with E-state index < -0.39 is 0 Å². The van der Waals surface area contributed by atoms with Crippen LogP contribution in [0.1, 0.15) is 24.5 Å². The number of nitrogens with one attached hydrogen (secondary N) is 1. The van der Waals surface area contributed by atoms with Gasteiger partial charge in [-0.05, 0) is 59.5 Å². The average Bonchev–Trinajstić information content (AvgIpc) is 2.94. The molecule has 3 heteroatoms. The molecule has 1 N–H and O–H groups in total. The van der Waals surface area contributed by atoms with Crippen molar-refractivity contribution in [2.45, 2.75) is 31.2 Å². The van der Waals surface area contributed by atoms with Crippen molar-refractivity contribution in [2.75, 3.05) is 12.3 Å². The number of hydrogen-bond donors (Lipinski definition) is 1. The van der Waals surface area contributed by atoms with Crippen LogP contribution in [0.25, 0.3) is 0 Å². The third-order valence-corrected chi connectivity index (χ3v) is 4.66. The van der Waals surface area contributed by atoms with E-state index in [-0.39, 0.29) is 0 Å². The molecule has 0 spiro atoms. The lowest BCUT2D eigenvalue weighted by atomic mass is 10.2. The molecule has 0 amide bonds. The predicted molar refractivity (Wildman–Crippen MR) is 87.2 cm³/mol. The third-order valence-electron chi connectivity index (χ3n) is 2.92. The Hall–Kier alpha value is -0.770. The first-order valence-electron chi connectivity index (χ1n) is 6.82. The zero-order valence-corrected chi connectivity index (χ0v) is 13.0. The third kappa shape index (κ3) is 5.39. The minimum Gasteiger partial charge on any atom is -0.313 e. The predicted octanol–water partition coefficient (Wildman–Crippen LogP) is 4.58. The highest BCUT2D eigenvalue weighted by Gasteiger charge is 1.97. The summed E-state index contributed by atoms with van der Waals surface area (Å²) < 4.78 is 0.